The summed E-state index contributed by atoms with van der Waals surface area (Å²) in [4.78, 5) is 27.0. The number of urea groups is 1. The standard InChI is InChI=1S/C20H24N4O5/c1-28-14-15-29-17-8-6-16(7-9-17)21-20(25)23-12-10-22(11-13-23)18-4-2-3-5-19(18)24(26)27/h2-9H,10-15H2,1H3,(H,21,25). The highest BCUT2D eigenvalue weighted by Gasteiger charge is 2.25. The molecule has 0 bridgehead atoms. The first kappa shape index (κ1) is 20.4. The molecule has 3 rings (SSSR count). The number of anilines is 2. The van der Waals surface area contributed by atoms with Gasteiger partial charge in [-0.15, -0.1) is 0 Å². The topological polar surface area (TPSA) is 97.2 Å². The van der Waals surface area contributed by atoms with Crippen molar-refractivity contribution in [2.24, 2.45) is 0 Å². The Balaban J connectivity index is 1.52. The molecular weight excluding hydrogens is 376 g/mol. The van der Waals surface area contributed by atoms with Gasteiger partial charge in [-0.25, -0.2) is 4.79 Å². The van der Waals surface area contributed by atoms with Crippen LogP contribution in [-0.4, -0.2) is 62.4 Å². The molecule has 0 unspecified atom stereocenters. The number of nitrogens with zero attached hydrogens (tertiary/aromatic N) is 3. The van der Waals surface area contributed by atoms with Gasteiger partial charge in [0.15, 0.2) is 0 Å². The van der Waals surface area contributed by atoms with E-state index in [-0.39, 0.29) is 16.6 Å². The first-order valence-corrected chi connectivity index (χ1v) is 9.34. The molecular formula is C20H24N4O5. The molecule has 1 saturated heterocycles. The SMILES string of the molecule is COCCOc1ccc(NC(=O)N2CCN(c3ccccc3[N+](=O)[O-])CC2)cc1. The molecule has 0 saturated carbocycles. The molecule has 9 nitrogen and oxygen atoms in total. The number of methoxy groups -OCH3 is 1. The minimum Gasteiger partial charge on any atom is -0.491 e. The molecule has 1 fully saturated rings. The molecule has 9 heteroatoms. The number of nitro benzene ring substituents is 1. The van der Waals surface area contributed by atoms with E-state index in [4.69, 9.17) is 9.47 Å². The van der Waals surface area contributed by atoms with Gasteiger partial charge in [-0.05, 0) is 30.3 Å². The molecule has 0 spiro atoms. The van der Waals surface area contributed by atoms with Crippen LogP contribution in [0.1, 0.15) is 0 Å². The fourth-order valence-electron chi connectivity index (χ4n) is 3.12. The fraction of sp³-hybridized carbons (Fsp3) is 0.350. The van der Waals surface area contributed by atoms with E-state index >= 15 is 0 Å². The molecule has 2 amide bonds. The molecule has 1 heterocycles. The van der Waals surface area contributed by atoms with E-state index in [1.165, 1.54) is 6.07 Å². The highest BCUT2D eigenvalue weighted by molar-refractivity contribution is 5.89. The van der Waals surface area contributed by atoms with E-state index in [1.54, 1.807) is 54.5 Å². The molecule has 0 aliphatic carbocycles. The Bertz CT molecular complexity index is 835. The zero-order valence-electron chi connectivity index (χ0n) is 16.2. The Morgan fingerprint density at radius 1 is 1.07 bits per heavy atom. The molecule has 0 atom stereocenters. The molecule has 2 aromatic carbocycles. The van der Waals surface area contributed by atoms with Crippen molar-refractivity contribution >= 4 is 23.1 Å². The summed E-state index contributed by atoms with van der Waals surface area (Å²) in [6.07, 6.45) is 0. The average Bonchev–Trinajstić information content (AvgIpc) is 2.75. The van der Waals surface area contributed by atoms with Crippen LogP contribution in [0, 0.1) is 10.1 Å². The summed E-state index contributed by atoms with van der Waals surface area (Å²) < 4.78 is 10.4. The number of carbonyl (C=O) groups excluding carboxylic acids is 1. The van der Waals surface area contributed by atoms with E-state index in [0.29, 0.717) is 56.5 Å². The second-order valence-electron chi connectivity index (χ2n) is 6.52. The van der Waals surface area contributed by atoms with Crippen molar-refractivity contribution in [1.29, 1.82) is 0 Å². The van der Waals surface area contributed by atoms with Gasteiger partial charge < -0.3 is 24.6 Å². The smallest absolute Gasteiger partial charge is 0.321 e. The molecule has 154 valence electrons. The van der Waals surface area contributed by atoms with Crippen molar-refractivity contribution in [2.75, 3.05) is 56.7 Å². The summed E-state index contributed by atoms with van der Waals surface area (Å²) in [5, 5.41) is 14.1. The average molecular weight is 400 g/mol. The van der Waals surface area contributed by atoms with Crippen molar-refractivity contribution in [2.45, 2.75) is 0 Å². The Morgan fingerprint density at radius 3 is 2.41 bits per heavy atom. The van der Waals surface area contributed by atoms with Crippen molar-refractivity contribution < 1.29 is 19.2 Å². The Hall–Kier alpha value is -3.33. The van der Waals surface area contributed by atoms with Gasteiger partial charge in [-0.2, -0.15) is 0 Å². The zero-order chi connectivity index (χ0) is 20.6. The number of ether oxygens (including phenoxy) is 2. The number of nitro groups is 1. The maximum absolute atomic E-state index is 12.5. The van der Waals surface area contributed by atoms with Crippen molar-refractivity contribution in [3.8, 4) is 5.75 Å². The number of hydrogen-bond acceptors (Lipinski definition) is 6. The number of piperazine rings is 1. The van der Waals surface area contributed by atoms with Crippen LogP contribution in [0.15, 0.2) is 48.5 Å². The number of nitrogens with one attached hydrogen (secondary N) is 1. The monoisotopic (exact) mass is 400 g/mol. The Morgan fingerprint density at radius 2 is 1.76 bits per heavy atom. The van der Waals surface area contributed by atoms with Crippen LogP contribution in [-0.2, 0) is 4.74 Å². The second kappa shape index (κ2) is 9.74. The van der Waals surface area contributed by atoms with Gasteiger partial charge >= 0.3 is 6.03 Å². The second-order valence-corrected chi connectivity index (χ2v) is 6.52. The zero-order valence-corrected chi connectivity index (χ0v) is 16.2. The fourth-order valence-corrected chi connectivity index (χ4v) is 3.12. The van der Waals surface area contributed by atoms with Crippen molar-refractivity contribution in [3.05, 3.63) is 58.6 Å². The Labute approximate surface area is 169 Å². The quantitative estimate of drug-likeness (QED) is 0.436. The van der Waals surface area contributed by atoms with Crippen molar-refractivity contribution in [3.63, 3.8) is 0 Å². The Kier molecular flexibility index (Phi) is 6.85. The maximum atomic E-state index is 12.5. The van der Waals surface area contributed by atoms with E-state index in [1.807, 2.05) is 4.90 Å². The minimum atomic E-state index is -0.378. The normalized spacial score (nSPS) is 13.8. The first-order valence-electron chi connectivity index (χ1n) is 9.34. The molecule has 1 aliphatic heterocycles. The van der Waals surface area contributed by atoms with Crippen LogP contribution in [0.3, 0.4) is 0 Å². The number of hydrogen-bond donors (Lipinski definition) is 1. The van der Waals surface area contributed by atoms with Gasteiger partial charge in [-0.1, -0.05) is 12.1 Å². The highest BCUT2D eigenvalue weighted by atomic mass is 16.6. The molecule has 29 heavy (non-hydrogen) atoms. The lowest BCUT2D eigenvalue weighted by Crippen LogP contribution is -2.50. The predicted molar refractivity (Wildman–Crippen MR) is 110 cm³/mol. The predicted octanol–water partition coefficient (Wildman–Crippen LogP) is 2.97. The third-order valence-corrected chi connectivity index (χ3v) is 4.65. The first-order chi connectivity index (χ1) is 14.1. The van der Waals surface area contributed by atoms with E-state index in [9.17, 15) is 14.9 Å². The number of carbonyl (C=O) groups is 1. The molecule has 2 aromatic rings. The summed E-state index contributed by atoms with van der Waals surface area (Å²) >= 11 is 0. The molecule has 1 N–H and O–H groups in total. The third kappa shape index (κ3) is 5.35. The lowest BCUT2D eigenvalue weighted by Gasteiger charge is -2.35. The van der Waals surface area contributed by atoms with Crippen LogP contribution < -0.4 is 15.0 Å². The van der Waals surface area contributed by atoms with Gasteiger partial charge in [0, 0.05) is 45.0 Å². The lowest BCUT2D eigenvalue weighted by atomic mass is 10.2. The van der Waals surface area contributed by atoms with Gasteiger partial charge in [0.05, 0.1) is 11.5 Å². The van der Waals surface area contributed by atoms with E-state index in [0.717, 1.165) is 0 Å². The van der Waals surface area contributed by atoms with Gasteiger partial charge in [0.25, 0.3) is 5.69 Å². The van der Waals surface area contributed by atoms with Crippen LogP contribution >= 0.6 is 0 Å². The third-order valence-electron chi connectivity index (χ3n) is 4.65. The molecule has 0 radical (unpaired) electrons. The number of para-hydroxylation sites is 2. The summed E-state index contributed by atoms with van der Waals surface area (Å²) in [5.41, 5.74) is 1.34. The van der Waals surface area contributed by atoms with Crippen molar-refractivity contribution in [1.82, 2.24) is 4.90 Å². The largest absolute Gasteiger partial charge is 0.491 e. The minimum absolute atomic E-state index is 0.0817. The highest BCUT2D eigenvalue weighted by Crippen LogP contribution is 2.28. The molecule has 0 aromatic heterocycles. The maximum Gasteiger partial charge on any atom is 0.321 e. The number of amides is 2. The summed E-state index contributed by atoms with van der Waals surface area (Å²) in [6, 6.07) is 13.6. The van der Waals surface area contributed by atoms with Crippen LogP contribution in [0.2, 0.25) is 0 Å². The van der Waals surface area contributed by atoms with Gasteiger partial charge in [0.2, 0.25) is 0 Å². The number of rotatable bonds is 7. The van der Waals surface area contributed by atoms with Gasteiger partial charge in [-0.3, -0.25) is 10.1 Å². The summed E-state index contributed by atoms with van der Waals surface area (Å²) in [6.45, 7) is 3.00. The summed E-state index contributed by atoms with van der Waals surface area (Å²) in [5.74, 6) is 0.707. The van der Waals surface area contributed by atoms with E-state index < -0.39 is 0 Å². The van der Waals surface area contributed by atoms with Gasteiger partial charge in [0.1, 0.15) is 18.0 Å². The molecule has 1 aliphatic rings. The van der Waals surface area contributed by atoms with Crippen LogP contribution in [0.5, 0.6) is 5.75 Å². The summed E-state index contributed by atoms with van der Waals surface area (Å²) in [7, 11) is 1.61. The lowest BCUT2D eigenvalue weighted by molar-refractivity contribution is -0.384. The number of benzene rings is 2. The van der Waals surface area contributed by atoms with Crippen LogP contribution in [0.25, 0.3) is 0 Å². The van der Waals surface area contributed by atoms with Crippen LogP contribution in [0.4, 0.5) is 21.9 Å². The van der Waals surface area contributed by atoms with E-state index in [2.05, 4.69) is 5.32 Å².